The summed E-state index contributed by atoms with van der Waals surface area (Å²) in [5.74, 6) is -4.91. The van der Waals surface area contributed by atoms with Crippen molar-refractivity contribution in [1.82, 2.24) is 0 Å². The molecule has 0 spiro atoms. The molecular weight excluding hydrogens is 400 g/mol. The number of Topliss-reactive ketones (excluding diaryl/α,β-unsaturated/α-hetero) is 1. The molecule has 0 aromatic rings. The molecule has 1 heterocycles. The van der Waals surface area contributed by atoms with Crippen LogP contribution in [0.3, 0.4) is 0 Å². The summed E-state index contributed by atoms with van der Waals surface area (Å²) >= 11 is 0. The lowest BCUT2D eigenvalue weighted by atomic mass is 9.72. The molecule has 0 bridgehead atoms. The molecule has 2 aliphatic rings. The molecule has 166 valence electrons. The number of hydrogen-bond acceptors (Lipinski definition) is 10. The summed E-state index contributed by atoms with van der Waals surface area (Å²) in [5.41, 5.74) is 1.22. The van der Waals surface area contributed by atoms with Crippen molar-refractivity contribution in [3.8, 4) is 0 Å². The molecule has 0 radical (unpaired) electrons. The number of ether oxygens (including phenoxy) is 3. The normalized spacial score (nSPS) is 24.6. The van der Waals surface area contributed by atoms with Crippen molar-refractivity contribution in [3.05, 3.63) is 22.7 Å². The summed E-state index contributed by atoms with van der Waals surface area (Å²) in [6.45, 7) is 6.84. The Balaban J connectivity index is 1.78. The van der Waals surface area contributed by atoms with E-state index < -0.39 is 54.3 Å². The minimum absolute atomic E-state index is 0.256. The van der Waals surface area contributed by atoms with Gasteiger partial charge in [0.25, 0.3) is 0 Å². The zero-order valence-electron chi connectivity index (χ0n) is 17.3. The quantitative estimate of drug-likeness (QED) is 0.399. The van der Waals surface area contributed by atoms with Gasteiger partial charge in [-0.05, 0) is 24.8 Å². The fourth-order valence-electron chi connectivity index (χ4n) is 3.22. The lowest BCUT2D eigenvalue weighted by Crippen LogP contribution is -2.38. The third-order valence-electron chi connectivity index (χ3n) is 5.45. The molecule has 3 atom stereocenters. The molecular formula is C20H26O10. The van der Waals surface area contributed by atoms with Gasteiger partial charge in [0, 0.05) is 6.42 Å². The third-order valence-corrected chi connectivity index (χ3v) is 5.45. The molecule has 0 saturated carbocycles. The SMILES string of the molecule is CC1=C(C)C(C)(C)CC(OC(=O)CCC(=O)OCC(O)C2OC(=O)C(O)=C2O)C1=O. The summed E-state index contributed by atoms with van der Waals surface area (Å²) in [5, 5.41) is 28.5. The van der Waals surface area contributed by atoms with Crippen LogP contribution >= 0.6 is 0 Å². The van der Waals surface area contributed by atoms with E-state index in [0.29, 0.717) is 12.0 Å². The van der Waals surface area contributed by atoms with Gasteiger partial charge >= 0.3 is 17.9 Å². The van der Waals surface area contributed by atoms with Gasteiger partial charge in [-0.15, -0.1) is 0 Å². The van der Waals surface area contributed by atoms with Crippen LogP contribution in [0.15, 0.2) is 22.7 Å². The Kier molecular flexibility index (Phi) is 6.91. The highest BCUT2D eigenvalue weighted by Crippen LogP contribution is 2.39. The molecule has 0 amide bonds. The van der Waals surface area contributed by atoms with Crippen LogP contribution in [-0.4, -0.2) is 63.9 Å². The van der Waals surface area contributed by atoms with E-state index in [1.165, 1.54) is 0 Å². The second-order valence-electron chi connectivity index (χ2n) is 7.99. The number of aliphatic hydroxyl groups is 3. The minimum atomic E-state index is -1.60. The van der Waals surface area contributed by atoms with E-state index in [9.17, 15) is 34.5 Å². The first-order valence-electron chi connectivity index (χ1n) is 9.43. The molecule has 10 nitrogen and oxygen atoms in total. The Hall–Kier alpha value is -2.88. The lowest BCUT2D eigenvalue weighted by molar-refractivity contribution is -0.160. The van der Waals surface area contributed by atoms with Crippen molar-refractivity contribution in [2.24, 2.45) is 5.41 Å². The Labute approximate surface area is 173 Å². The van der Waals surface area contributed by atoms with E-state index >= 15 is 0 Å². The van der Waals surface area contributed by atoms with Gasteiger partial charge in [-0.3, -0.25) is 14.4 Å². The number of carbonyl (C=O) groups is 4. The van der Waals surface area contributed by atoms with Crippen LogP contribution in [0, 0.1) is 5.41 Å². The zero-order valence-corrected chi connectivity index (χ0v) is 17.3. The van der Waals surface area contributed by atoms with E-state index in [2.05, 4.69) is 4.74 Å². The van der Waals surface area contributed by atoms with Gasteiger partial charge < -0.3 is 29.5 Å². The summed E-state index contributed by atoms with van der Waals surface area (Å²) in [4.78, 5) is 47.3. The highest BCUT2D eigenvalue weighted by molar-refractivity contribution is 6.01. The maximum Gasteiger partial charge on any atom is 0.377 e. The second-order valence-corrected chi connectivity index (χ2v) is 7.99. The molecule has 0 saturated heterocycles. The number of rotatable bonds is 7. The van der Waals surface area contributed by atoms with E-state index in [1.807, 2.05) is 20.8 Å². The van der Waals surface area contributed by atoms with Gasteiger partial charge in [-0.1, -0.05) is 19.4 Å². The molecule has 30 heavy (non-hydrogen) atoms. The summed E-state index contributed by atoms with van der Waals surface area (Å²) in [6.07, 6.45) is -4.40. The number of cyclic esters (lactones) is 1. The first-order valence-corrected chi connectivity index (χ1v) is 9.43. The summed E-state index contributed by atoms with van der Waals surface area (Å²) in [6, 6.07) is 0. The first kappa shape index (κ1) is 23.4. The molecule has 0 fully saturated rings. The topological polar surface area (TPSA) is 157 Å². The Bertz CT molecular complexity index is 819. The number of aliphatic hydroxyl groups excluding tert-OH is 3. The van der Waals surface area contributed by atoms with E-state index in [-0.39, 0.29) is 24.0 Å². The van der Waals surface area contributed by atoms with Gasteiger partial charge in [-0.25, -0.2) is 4.79 Å². The molecule has 3 N–H and O–H groups in total. The van der Waals surface area contributed by atoms with Crippen molar-refractivity contribution in [2.75, 3.05) is 6.61 Å². The standard InChI is InChI=1S/C20H26O10/c1-9-10(2)20(3,4)7-12(15(9)24)29-14(23)6-5-13(22)28-8-11(21)18-16(25)17(26)19(27)30-18/h11-12,18,21,25-26H,5-8H2,1-4H3. The predicted molar refractivity (Wildman–Crippen MR) is 100 cm³/mol. The van der Waals surface area contributed by atoms with Crippen molar-refractivity contribution >= 4 is 23.7 Å². The summed E-state index contributed by atoms with van der Waals surface area (Å²) in [7, 11) is 0. The van der Waals surface area contributed by atoms with Gasteiger partial charge in [0.05, 0.1) is 12.8 Å². The van der Waals surface area contributed by atoms with Crippen LogP contribution < -0.4 is 0 Å². The average Bonchev–Trinajstić information content (AvgIpc) is 2.94. The van der Waals surface area contributed by atoms with E-state index in [4.69, 9.17) is 9.47 Å². The van der Waals surface area contributed by atoms with Crippen LogP contribution in [0.25, 0.3) is 0 Å². The number of carbonyl (C=O) groups excluding carboxylic acids is 4. The van der Waals surface area contributed by atoms with Crippen molar-refractivity contribution < 1.29 is 48.7 Å². The maximum absolute atomic E-state index is 12.3. The monoisotopic (exact) mass is 426 g/mol. The van der Waals surface area contributed by atoms with Gasteiger partial charge in [0.1, 0.15) is 12.7 Å². The highest BCUT2D eigenvalue weighted by atomic mass is 16.6. The molecule has 0 aromatic carbocycles. The van der Waals surface area contributed by atoms with Crippen LogP contribution in [-0.2, 0) is 33.4 Å². The third kappa shape index (κ3) is 4.99. The molecule has 3 unspecified atom stereocenters. The summed E-state index contributed by atoms with van der Waals surface area (Å²) < 4.78 is 14.6. The van der Waals surface area contributed by atoms with Gasteiger partial charge in [0.2, 0.25) is 5.76 Å². The van der Waals surface area contributed by atoms with Crippen molar-refractivity contribution in [3.63, 3.8) is 0 Å². The fourth-order valence-corrected chi connectivity index (χ4v) is 3.22. The highest BCUT2D eigenvalue weighted by Gasteiger charge is 2.40. The van der Waals surface area contributed by atoms with Crippen LogP contribution in [0.1, 0.15) is 47.0 Å². The van der Waals surface area contributed by atoms with Gasteiger partial charge in [-0.2, -0.15) is 0 Å². The Morgan fingerprint density at radius 3 is 2.33 bits per heavy atom. The van der Waals surface area contributed by atoms with Crippen molar-refractivity contribution in [2.45, 2.75) is 65.3 Å². The zero-order chi connectivity index (χ0) is 22.8. The maximum atomic E-state index is 12.3. The molecule has 0 aromatic heterocycles. The number of ketones is 1. The fraction of sp³-hybridized carbons (Fsp3) is 0.600. The van der Waals surface area contributed by atoms with Crippen LogP contribution in [0.5, 0.6) is 0 Å². The molecule has 10 heteroatoms. The number of allylic oxidation sites excluding steroid dienone is 1. The van der Waals surface area contributed by atoms with Crippen LogP contribution in [0.4, 0.5) is 0 Å². The second kappa shape index (κ2) is 8.86. The number of hydrogen-bond donors (Lipinski definition) is 3. The molecule has 2 rings (SSSR count). The largest absolute Gasteiger partial charge is 0.505 e. The van der Waals surface area contributed by atoms with Crippen molar-refractivity contribution in [1.29, 1.82) is 0 Å². The predicted octanol–water partition coefficient (Wildman–Crippen LogP) is 1.17. The molecule has 1 aliphatic carbocycles. The van der Waals surface area contributed by atoms with E-state index in [0.717, 1.165) is 5.57 Å². The first-order chi connectivity index (χ1) is 13.8. The Morgan fingerprint density at radius 1 is 1.17 bits per heavy atom. The minimum Gasteiger partial charge on any atom is -0.505 e. The average molecular weight is 426 g/mol. The van der Waals surface area contributed by atoms with Crippen LogP contribution in [0.2, 0.25) is 0 Å². The smallest absolute Gasteiger partial charge is 0.377 e. The Morgan fingerprint density at radius 2 is 1.77 bits per heavy atom. The van der Waals surface area contributed by atoms with Gasteiger partial charge in [0.15, 0.2) is 23.8 Å². The lowest BCUT2D eigenvalue weighted by Gasteiger charge is -2.35. The van der Waals surface area contributed by atoms with E-state index in [1.54, 1.807) is 6.92 Å². The number of esters is 3. The molecule has 1 aliphatic heterocycles.